The van der Waals surface area contributed by atoms with Gasteiger partial charge in [0.1, 0.15) is 0 Å². The van der Waals surface area contributed by atoms with Crippen LogP contribution in [0.15, 0.2) is 94.5 Å². The van der Waals surface area contributed by atoms with Crippen molar-refractivity contribution in [3.63, 3.8) is 0 Å². The van der Waals surface area contributed by atoms with Crippen molar-refractivity contribution in [3.05, 3.63) is 101 Å². The van der Waals surface area contributed by atoms with Gasteiger partial charge in [-0.1, -0.05) is 60.8 Å². The van der Waals surface area contributed by atoms with E-state index in [2.05, 4.69) is 6.58 Å². The SMILES string of the molecule is C=C(N)/C=C(\C=C(/C)N)Sc1ccc(C(=O)C(O)(OC)c2ccccc2)cc1. The topological polar surface area (TPSA) is 98.6 Å². The Bertz CT molecular complexity index is 901. The quantitative estimate of drug-likeness (QED) is 0.273. The fourth-order valence-electron chi connectivity index (χ4n) is 2.52. The van der Waals surface area contributed by atoms with Gasteiger partial charge in [0.25, 0.3) is 5.79 Å². The number of nitrogens with two attached hydrogens (primary N) is 2. The van der Waals surface area contributed by atoms with E-state index in [-0.39, 0.29) is 0 Å². The van der Waals surface area contributed by atoms with Crippen LogP contribution >= 0.6 is 11.8 Å². The fraction of sp³-hybridized carbons (Fsp3) is 0.136. The molecule has 5 nitrogen and oxygen atoms in total. The van der Waals surface area contributed by atoms with E-state index >= 15 is 0 Å². The molecule has 0 aromatic heterocycles. The molecule has 5 N–H and O–H groups in total. The lowest BCUT2D eigenvalue weighted by Gasteiger charge is -2.25. The van der Waals surface area contributed by atoms with Crippen LogP contribution in [0.5, 0.6) is 0 Å². The number of hydrogen-bond acceptors (Lipinski definition) is 6. The van der Waals surface area contributed by atoms with Crippen LogP contribution in [0.2, 0.25) is 0 Å². The summed E-state index contributed by atoms with van der Waals surface area (Å²) >= 11 is 1.43. The van der Waals surface area contributed by atoms with Crippen LogP contribution in [0.3, 0.4) is 0 Å². The van der Waals surface area contributed by atoms with Crippen molar-refractivity contribution in [2.45, 2.75) is 17.6 Å². The molecule has 0 radical (unpaired) electrons. The second-order valence-electron chi connectivity index (χ2n) is 6.18. The molecule has 6 heteroatoms. The molecule has 0 spiro atoms. The van der Waals surface area contributed by atoms with Crippen molar-refractivity contribution in [3.8, 4) is 0 Å². The van der Waals surface area contributed by atoms with Gasteiger partial charge in [-0.15, -0.1) is 0 Å². The lowest BCUT2D eigenvalue weighted by Crippen LogP contribution is -2.37. The largest absolute Gasteiger partial charge is 0.402 e. The second kappa shape index (κ2) is 9.41. The van der Waals surface area contributed by atoms with Crippen LogP contribution in [0.4, 0.5) is 0 Å². The van der Waals surface area contributed by atoms with E-state index in [1.54, 1.807) is 73.7 Å². The first kappa shape index (κ1) is 21.5. The summed E-state index contributed by atoms with van der Waals surface area (Å²) in [6.45, 7) is 5.46. The number of allylic oxidation sites excluding steroid dienone is 3. The Morgan fingerprint density at radius 1 is 1.11 bits per heavy atom. The number of Topliss-reactive ketones (excluding diaryl/α,β-unsaturated/α-hetero) is 1. The average Bonchev–Trinajstić information content (AvgIpc) is 2.67. The molecule has 1 atom stereocenters. The number of carbonyl (C=O) groups excluding carboxylic acids is 1. The predicted octanol–water partition coefficient (Wildman–Crippen LogP) is 3.67. The number of ether oxygens (including phenoxy) is 1. The molecule has 0 aliphatic heterocycles. The molecule has 2 aromatic rings. The van der Waals surface area contributed by atoms with Gasteiger partial charge in [0.2, 0.25) is 5.78 Å². The Labute approximate surface area is 169 Å². The molecule has 146 valence electrons. The summed E-state index contributed by atoms with van der Waals surface area (Å²) in [5.74, 6) is -2.58. The molecule has 0 bridgehead atoms. The molecule has 0 saturated carbocycles. The highest BCUT2D eigenvalue weighted by Gasteiger charge is 2.38. The summed E-state index contributed by atoms with van der Waals surface area (Å²) in [4.78, 5) is 14.6. The van der Waals surface area contributed by atoms with E-state index in [1.807, 2.05) is 0 Å². The number of ketones is 1. The molecule has 0 amide bonds. The summed E-state index contributed by atoms with van der Waals surface area (Å²) in [5, 5.41) is 10.8. The lowest BCUT2D eigenvalue weighted by molar-refractivity contribution is -0.153. The van der Waals surface area contributed by atoms with E-state index < -0.39 is 11.6 Å². The van der Waals surface area contributed by atoms with Crippen molar-refractivity contribution in [2.75, 3.05) is 7.11 Å². The zero-order chi connectivity index (χ0) is 20.7. The van der Waals surface area contributed by atoms with Crippen LogP contribution in [0.25, 0.3) is 0 Å². The van der Waals surface area contributed by atoms with Crippen LogP contribution in [-0.2, 0) is 10.5 Å². The third-order valence-corrected chi connectivity index (χ3v) is 4.80. The minimum Gasteiger partial charge on any atom is -0.402 e. The third-order valence-electron chi connectivity index (χ3n) is 3.82. The van der Waals surface area contributed by atoms with Gasteiger partial charge in [-0.3, -0.25) is 4.79 Å². The van der Waals surface area contributed by atoms with Crippen LogP contribution in [-0.4, -0.2) is 18.0 Å². The number of rotatable bonds is 8. The highest BCUT2D eigenvalue weighted by molar-refractivity contribution is 8.03. The highest BCUT2D eigenvalue weighted by atomic mass is 32.2. The summed E-state index contributed by atoms with van der Waals surface area (Å²) in [6.07, 6.45) is 3.51. The Hall–Kier alpha value is -2.80. The first-order valence-corrected chi connectivity index (χ1v) is 9.33. The molecular weight excluding hydrogens is 372 g/mol. The Balaban J connectivity index is 2.27. The van der Waals surface area contributed by atoms with E-state index in [1.165, 1.54) is 18.9 Å². The maximum Gasteiger partial charge on any atom is 0.258 e. The Kier molecular flexibility index (Phi) is 7.23. The Morgan fingerprint density at radius 2 is 1.71 bits per heavy atom. The molecule has 0 heterocycles. The van der Waals surface area contributed by atoms with Gasteiger partial charge < -0.3 is 21.3 Å². The van der Waals surface area contributed by atoms with Gasteiger partial charge in [0.15, 0.2) is 0 Å². The smallest absolute Gasteiger partial charge is 0.258 e. The van der Waals surface area contributed by atoms with Gasteiger partial charge in [-0.25, -0.2) is 0 Å². The first-order valence-electron chi connectivity index (χ1n) is 8.52. The molecule has 2 aromatic carbocycles. The van der Waals surface area contributed by atoms with E-state index in [9.17, 15) is 9.90 Å². The van der Waals surface area contributed by atoms with E-state index in [0.717, 1.165) is 9.80 Å². The van der Waals surface area contributed by atoms with Gasteiger partial charge in [0.05, 0.1) is 0 Å². The molecule has 1 unspecified atom stereocenters. The highest BCUT2D eigenvalue weighted by Crippen LogP contribution is 2.31. The number of hydrogen-bond donors (Lipinski definition) is 3. The zero-order valence-electron chi connectivity index (χ0n) is 15.9. The maximum atomic E-state index is 12.9. The lowest BCUT2D eigenvalue weighted by atomic mass is 9.96. The van der Waals surface area contributed by atoms with Crippen LogP contribution in [0.1, 0.15) is 22.8 Å². The second-order valence-corrected chi connectivity index (χ2v) is 7.33. The standard InChI is InChI=1S/C22H24N2O3S/c1-15(23)13-20(14-16(2)24)28-19-11-9-17(10-12-19)21(25)22(26,27-3)18-7-5-4-6-8-18/h4-14,26H,1,23-24H2,2-3H3/b16-14+,20-13+. The fourth-order valence-corrected chi connectivity index (χ4v) is 3.52. The molecular formula is C22H24N2O3S. The normalized spacial score (nSPS) is 14.4. The van der Waals surface area contributed by atoms with Gasteiger partial charge in [0, 0.05) is 39.4 Å². The molecule has 0 saturated heterocycles. The van der Waals surface area contributed by atoms with Crippen molar-refractivity contribution >= 4 is 17.5 Å². The van der Waals surface area contributed by atoms with Gasteiger partial charge in [-0.2, -0.15) is 0 Å². The molecule has 0 fully saturated rings. The number of thioether (sulfide) groups is 1. The van der Waals surface area contributed by atoms with Crippen LogP contribution in [0, 0.1) is 0 Å². The third kappa shape index (κ3) is 5.36. The van der Waals surface area contributed by atoms with Crippen LogP contribution < -0.4 is 11.5 Å². The number of benzene rings is 2. The number of methoxy groups -OCH3 is 1. The van der Waals surface area contributed by atoms with Gasteiger partial charge >= 0.3 is 0 Å². The van der Waals surface area contributed by atoms with Crippen molar-refractivity contribution in [1.29, 1.82) is 0 Å². The Morgan fingerprint density at radius 3 is 2.21 bits per heavy atom. The number of carbonyl (C=O) groups is 1. The monoisotopic (exact) mass is 396 g/mol. The maximum absolute atomic E-state index is 12.9. The first-order chi connectivity index (χ1) is 13.3. The minimum atomic E-state index is -2.04. The summed E-state index contributed by atoms with van der Waals surface area (Å²) in [6, 6.07) is 15.4. The minimum absolute atomic E-state index is 0.330. The van der Waals surface area contributed by atoms with Gasteiger partial charge in [-0.05, 0) is 31.2 Å². The predicted molar refractivity (Wildman–Crippen MR) is 113 cm³/mol. The summed E-state index contributed by atoms with van der Waals surface area (Å²) < 4.78 is 5.17. The molecule has 28 heavy (non-hydrogen) atoms. The number of aliphatic hydroxyl groups is 1. The summed E-state index contributed by atoms with van der Waals surface area (Å²) in [7, 11) is 1.30. The van der Waals surface area contributed by atoms with E-state index in [0.29, 0.717) is 22.5 Å². The van der Waals surface area contributed by atoms with Crippen molar-refractivity contribution < 1.29 is 14.6 Å². The van der Waals surface area contributed by atoms with Crippen molar-refractivity contribution in [1.82, 2.24) is 0 Å². The average molecular weight is 397 g/mol. The zero-order valence-corrected chi connectivity index (χ0v) is 16.7. The van der Waals surface area contributed by atoms with E-state index in [4.69, 9.17) is 16.2 Å². The van der Waals surface area contributed by atoms with Crippen molar-refractivity contribution in [2.24, 2.45) is 11.5 Å². The molecule has 0 aliphatic rings. The molecule has 0 aliphatic carbocycles. The molecule has 2 rings (SSSR count). The summed E-state index contributed by atoms with van der Waals surface area (Å²) in [5.41, 5.74) is 13.2.